The zero-order valence-electron chi connectivity index (χ0n) is 9.88. The van der Waals surface area contributed by atoms with Crippen LogP contribution in [0.15, 0.2) is 20.9 Å². The fraction of sp³-hybridized carbons (Fsp3) is 0.556. The van der Waals surface area contributed by atoms with E-state index in [2.05, 4.69) is 10.0 Å². The smallest absolute Gasteiger partial charge is 0.330 e. The van der Waals surface area contributed by atoms with E-state index in [4.69, 9.17) is 15.4 Å². The number of ether oxygens (including phenoxy) is 1. The highest BCUT2D eigenvalue weighted by molar-refractivity contribution is 4.97. The molecule has 1 fully saturated rings. The first-order valence-corrected chi connectivity index (χ1v) is 5.49. The van der Waals surface area contributed by atoms with Gasteiger partial charge >= 0.3 is 5.69 Å². The second-order valence-electron chi connectivity index (χ2n) is 4.08. The highest BCUT2D eigenvalue weighted by Gasteiger charge is 2.44. The topological polar surface area (TPSA) is 153 Å². The van der Waals surface area contributed by atoms with Gasteiger partial charge in [-0.25, -0.2) is 4.79 Å². The molecular formula is C9H10FN5O5. The van der Waals surface area contributed by atoms with E-state index in [1.54, 1.807) is 4.98 Å². The minimum atomic E-state index is -1.48. The van der Waals surface area contributed by atoms with Crippen molar-refractivity contribution in [3.8, 4) is 0 Å². The average Bonchev–Trinajstić information content (AvgIpc) is 2.72. The van der Waals surface area contributed by atoms with Crippen molar-refractivity contribution in [1.82, 2.24) is 9.55 Å². The first-order chi connectivity index (χ1) is 9.49. The molecule has 2 heterocycles. The summed E-state index contributed by atoms with van der Waals surface area (Å²) in [5.74, 6) is -1.24. The van der Waals surface area contributed by atoms with Gasteiger partial charge in [0.2, 0.25) is 5.82 Å². The van der Waals surface area contributed by atoms with Crippen LogP contribution in [0.1, 0.15) is 6.23 Å². The van der Waals surface area contributed by atoms with Gasteiger partial charge in [0.05, 0.1) is 24.9 Å². The van der Waals surface area contributed by atoms with Crippen molar-refractivity contribution < 1.29 is 19.3 Å². The molecule has 2 rings (SSSR count). The summed E-state index contributed by atoms with van der Waals surface area (Å²) < 4.78 is 19.0. The molecule has 4 atom stereocenters. The zero-order chi connectivity index (χ0) is 14.9. The van der Waals surface area contributed by atoms with Crippen molar-refractivity contribution in [1.29, 1.82) is 0 Å². The molecule has 0 bridgehead atoms. The maximum absolute atomic E-state index is 13.2. The zero-order valence-corrected chi connectivity index (χ0v) is 9.88. The number of rotatable bonds is 3. The standard InChI is InChI=1S/C9H10FN5O5/c10-3-1-15(9(19)12-7(3)18)8-6(17)5(13-14-11)4(2-16)20-8/h1,4-6,8,16-17H,2H2,(H,12,18,19)/t4-,5+,6-,8+/m1/s1. The van der Waals surface area contributed by atoms with Crippen molar-refractivity contribution >= 4 is 0 Å². The number of halogens is 1. The van der Waals surface area contributed by atoms with Crippen LogP contribution in [-0.4, -0.2) is 44.6 Å². The van der Waals surface area contributed by atoms with E-state index in [9.17, 15) is 19.1 Å². The second-order valence-corrected chi connectivity index (χ2v) is 4.08. The van der Waals surface area contributed by atoms with E-state index in [0.717, 1.165) is 0 Å². The van der Waals surface area contributed by atoms with Gasteiger partial charge in [-0.1, -0.05) is 5.11 Å². The maximum atomic E-state index is 13.2. The lowest BCUT2D eigenvalue weighted by Gasteiger charge is -2.17. The summed E-state index contributed by atoms with van der Waals surface area (Å²) in [6.45, 7) is -0.572. The molecule has 1 aliphatic rings. The van der Waals surface area contributed by atoms with Gasteiger partial charge in [0.1, 0.15) is 6.10 Å². The first-order valence-electron chi connectivity index (χ1n) is 5.49. The van der Waals surface area contributed by atoms with E-state index in [1.807, 2.05) is 0 Å². The number of aromatic amines is 1. The third kappa shape index (κ3) is 2.30. The Bertz CT molecular complexity index is 665. The number of nitrogens with one attached hydrogen (secondary N) is 1. The molecule has 1 aromatic heterocycles. The molecular weight excluding hydrogens is 277 g/mol. The summed E-state index contributed by atoms with van der Waals surface area (Å²) in [5.41, 5.74) is 6.18. The van der Waals surface area contributed by atoms with Gasteiger partial charge in [0, 0.05) is 4.91 Å². The lowest BCUT2D eigenvalue weighted by atomic mass is 10.1. The second kappa shape index (κ2) is 5.43. The Morgan fingerprint density at radius 2 is 2.30 bits per heavy atom. The number of H-pyrrole nitrogens is 1. The lowest BCUT2D eigenvalue weighted by molar-refractivity contribution is -0.0536. The molecule has 108 valence electrons. The summed E-state index contributed by atoms with van der Waals surface area (Å²) in [6.07, 6.45) is -3.34. The van der Waals surface area contributed by atoms with Gasteiger partial charge in [-0.3, -0.25) is 14.3 Å². The average molecular weight is 287 g/mol. The Kier molecular flexibility index (Phi) is 3.86. The predicted octanol–water partition coefficient (Wildman–Crippen LogP) is -1.39. The van der Waals surface area contributed by atoms with Crippen LogP contribution < -0.4 is 11.2 Å². The van der Waals surface area contributed by atoms with Gasteiger partial charge in [0.25, 0.3) is 5.56 Å². The normalized spacial score (nSPS) is 29.1. The number of aromatic nitrogens is 2. The Morgan fingerprint density at radius 3 is 2.90 bits per heavy atom. The number of aliphatic hydroxyl groups excluding tert-OH is 2. The Labute approximate surface area is 109 Å². The number of nitrogens with zero attached hydrogens (tertiary/aromatic N) is 4. The molecule has 0 spiro atoms. The summed E-state index contributed by atoms with van der Waals surface area (Å²) in [6, 6.07) is -1.14. The summed E-state index contributed by atoms with van der Waals surface area (Å²) >= 11 is 0. The van der Waals surface area contributed by atoms with Crippen molar-refractivity contribution in [2.45, 2.75) is 24.5 Å². The molecule has 0 amide bonds. The third-order valence-electron chi connectivity index (χ3n) is 2.90. The van der Waals surface area contributed by atoms with E-state index < -0.39 is 48.2 Å². The van der Waals surface area contributed by atoms with Gasteiger partial charge in [-0.2, -0.15) is 4.39 Å². The number of hydrogen-bond acceptors (Lipinski definition) is 6. The van der Waals surface area contributed by atoms with Gasteiger partial charge < -0.3 is 14.9 Å². The highest BCUT2D eigenvalue weighted by atomic mass is 19.1. The van der Waals surface area contributed by atoms with Crippen LogP contribution in [-0.2, 0) is 4.74 Å². The van der Waals surface area contributed by atoms with Crippen LogP contribution in [0.2, 0.25) is 0 Å². The molecule has 1 saturated heterocycles. The van der Waals surface area contributed by atoms with Crippen molar-refractivity contribution in [2.75, 3.05) is 6.61 Å². The fourth-order valence-corrected chi connectivity index (χ4v) is 1.96. The predicted molar refractivity (Wildman–Crippen MR) is 61.2 cm³/mol. The van der Waals surface area contributed by atoms with E-state index >= 15 is 0 Å². The molecule has 0 saturated carbocycles. The van der Waals surface area contributed by atoms with Gasteiger partial charge in [-0.15, -0.1) is 0 Å². The minimum absolute atomic E-state index is 0.571. The molecule has 0 radical (unpaired) electrons. The van der Waals surface area contributed by atoms with Crippen LogP contribution in [0, 0.1) is 5.82 Å². The molecule has 3 N–H and O–H groups in total. The van der Waals surface area contributed by atoms with Crippen LogP contribution in [0.3, 0.4) is 0 Å². The van der Waals surface area contributed by atoms with Crippen LogP contribution in [0.4, 0.5) is 4.39 Å². The van der Waals surface area contributed by atoms with E-state index in [-0.39, 0.29) is 0 Å². The largest absolute Gasteiger partial charge is 0.394 e. The molecule has 11 heteroatoms. The number of aliphatic hydroxyl groups is 2. The molecule has 20 heavy (non-hydrogen) atoms. The van der Waals surface area contributed by atoms with Crippen LogP contribution >= 0.6 is 0 Å². The Balaban J connectivity index is 2.44. The first kappa shape index (κ1) is 14.2. The van der Waals surface area contributed by atoms with Crippen LogP contribution in [0.5, 0.6) is 0 Å². The molecule has 0 unspecified atom stereocenters. The lowest BCUT2D eigenvalue weighted by Crippen LogP contribution is -2.38. The molecule has 1 aromatic rings. The molecule has 10 nitrogen and oxygen atoms in total. The number of azide groups is 1. The van der Waals surface area contributed by atoms with Gasteiger partial charge in [-0.05, 0) is 5.53 Å². The summed E-state index contributed by atoms with van der Waals surface area (Å²) in [7, 11) is 0. The molecule has 1 aliphatic heterocycles. The Morgan fingerprint density at radius 1 is 1.60 bits per heavy atom. The van der Waals surface area contributed by atoms with Crippen molar-refractivity contribution in [3.05, 3.63) is 43.3 Å². The molecule has 0 aromatic carbocycles. The quantitative estimate of drug-likeness (QED) is 0.354. The SMILES string of the molecule is [N-]=[N+]=N[C@@H]1[C@@H](O)[C@@H](n2cc(F)c(=O)[nH]c2=O)O[C@@H]1CO. The third-order valence-corrected chi connectivity index (χ3v) is 2.90. The van der Waals surface area contributed by atoms with Crippen LogP contribution in [0.25, 0.3) is 10.4 Å². The van der Waals surface area contributed by atoms with Crippen molar-refractivity contribution in [2.24, 2.45) is 5.11 Å². The fourth-order valence-electron chi connectivity index (χ4n) is 1.96. The summed E-state index contributed by atoms with van der Waals surface area (Å²) in [5, 5.41) is 22.3. The Hall–Kier alpha value is -2.20. The van der Waals surface area contributed by atoms with E-state index in [0.29, 0.717) is 10.8 Å². The van der Waals surface area contributed by atoms with E-state index in [1.165, 1.54) is 0 Å². The summed E-state index contributed by atoms with van der Waals surface area (Å²) in [4.78, 5) is 26.7. The minimum Gasteiger partial charge on any atom is -0.394 e. The monoisotopic (exact) mass is 287 g/mol. The van der Waals surface area contributed by atoms with Gasteiger partial charge in [0.15, 0.2) is 6.23 Å². The maximum Gasteiger partial charge on any atom is 0.330 e. The molecule has 0 aliphatic carbocycles. The highest BCUT2D eigenvalue weighted by Crippen LogP contribution is 2.30. The van der Waals surface area contributed by atoms with Crippen molar-refractivity contribution in [3.63, 3.8) is 0 Å². The number of hydrogen-bond donors (Lipinski definition) is 3.